The summed E-state index contributed by atoms with van der Waals surface area (Å²) in [6.07, 6.45) is 0.953. The summed E-state index contributed by atoms with van der Waals surface area (Å²) >= 11 is 13.1. The molecule has 1 atom stereocenters. The maximum absolute atomic E-state index is 13.6. The number of hydrogen-bond donors (Lipinski definition) is 0. The first-order valence-corrected chi connectivity index (χ1v) is 8.63. The Morgan fingerprint density at radius 1 is 1.29 bits per heavy atom. The van der Waals surface area contributed by atoms with E-state index in [1.165, 1.54) is 6.07 Å². The third-order valence-electron chi connectivity index (χ3n) is 2.96. The van der Waals surface area contributed by atoms with Crippen LogP contribution in [0, 0.1) is 5.82 Å². The Hall–Kier alpha value is -0.580. The van der Waals surface area contributed by atoms with E-state index in [-0.39, 0.29) is 9.85 Å². The predicted octanol–water partition coefficient (Wildman–Crippen LogP) is 6.51. The predicted molar refractivity (Wildman–Crippen MR) is 92.1 cm³/mol. The fourth-order valence-electron chi connectivity index (χ4n) is 1.90. The third-order valence-corrected chi connectivity index (χ3v) is 5.01. The SMILES string of the molecule is CCCOc1ccc(C(Br)c2cccc(F)c2Cl)cc1Br. The Kier molecular flexibility index (Phi) is 6.08. The van der Waals surface area contributed by atoms with Gasteiger partial charge in [0.1, 0.15) is 11.6 Å². The van der Waals surface area contributed by atoms with Crippen LogP contribution in [0.15, 0.2) is 40.9 Å². The minimum absolute atomic E-state index is 0.141. The van der Waals surface area contributed by atoms with Crippen molar-refractivity contribution in [2.75, 3.05) is 6.61 Å². The van der Waals surface area contributed by atoms with Crippen LogP contribution >= 0.6 is 43.5 Å². The van der Waals surface area contributed by atoms with Gasteiger partial charge in [-0.1, -0.05) is 52.7 Å². The van der Waals surface area contributed by atoms with Gasteiger partial charge in [0.25, 0.3) is 0 Å². The fourth-order valence-corrected chi connectivity index (χ4v) is 3.44. The molecule has 112 valence electrons. The molecular formula is C16H14Br2ClFO. The molecule has 0 saturated heterocycles. The van der Waals surface area contributed by atoms with Crippen LogP contribution in [0.5, 0.6) is 5.75 Å². The van der Waals surface area contributed by atoms with Crippen molar-refractivity contribution in [3.05, 3.63) is 62.8 Å². The molecule has 2 aromatic rings. The molecule has 0 aliphatic carbocycles. The molecule has 0 saturated carbocycles. The smallest absolute Gasteiger partial charge is 0.142 e. The molecule has 1 nitrogen and oxygen atoms in total. The van der Waals surface area contributed by atoms with Crippen molar-refractivity contribution in [2.24, 2.45) is 0 Å². The molecular weight excluding hydrogens is 422 g/mol. The van der Waals surface area contributed by atoms with E-state index >= 15 is 0 Å². The lowest BCUT2D eigenvalue weighted by molar-refractivity contribution is 0.315. The average Bonchev–Trinajstić information content (AvgIpc) is 2.48. The van der Waals surface area contributed by atoms with E-state index in [0.717, 1.165) is 22.2 Å². The normalized spacial score (nSPS) is 12.2. The quantitative estimate of drug-likeness (QED) is 0.485. The van der Waals surface area contributed by atoms with Crippen LogP contribution in [0.25, 0.3) is 0 Å². The van der Waals surface area contributed by atoms with Gasteiger partial charge in [0.15, 0.2) is 0 Å². The lowest BCUT2D eigenvalue weighted by atomic mass is 10.0. The van der Waals surface area contributed by atoms with E-state index < -0.39 is 5.82 Å². The first-order chi connectivity index (χ1) is 10.0. The topological polar surface area (TPSA) is 9.23 Å². The summed E-state index contributed by atoms with van der Waals surface area (Å²) in [5.74, 6) is 0.381. The maximum Gasteiger partial charge on any atom is 0.142 e. The van der Waals surface area contributed by atoms with Crippen molar-refractivity contribution >= 4 is 43.5 Å². The van der Waals surface area contributed by atoms with Gasteiger partial charge in [0.2, 0.25) is 0 Å². The summed E-state index contributed by atoms with van der Waals surface area (Å²) in [7, 11) is 0. The van der Waals surface area contributed by atoms with Gasteiger partial charge in [0.05, 0.1) is 20.9 Å². The van der Waals surface area contributed by atoms with Gasteiger partial charge in [-0.3, -0.25) is 0 Å². The summed E-state index contributed by atoms with van der Waals surface area (Å²) in [5, 5.41) is 0.141. The first-order valence-electron chi connectivity index (χ1n) is 6.54. The molecule has 0 radical (unpaired) electrons. The van der Waals surface area contributed by atoms with E-state index in [1.54, 1.807) is 12.1 Å². The molecule has 1 unspecified atom stereocenters. The third kappa shape index (κ3) is 3.99. The number of ether oxygens (including phenoxy) is 1. The number of halogens is 4. The summed E-state index contributed by atoms with van der Waals surface area (Å²) in [5.41, 5.74) is 1.67. The Balaban J connectivity index is 2.29. The van der Waals surface area contributed by atoms with Gasteiger partial charge in [-0.05, 0) is 51.7 Å². The Morgan fingerprint density at radius 2 is 2.05 bits per heavy atom. The zero-order valence-electron chi connectivity index (χ0n) is 11.4. The van der Waals surface area contributed by atoms with Gasteiger partial charge in [-0.15, -0.1) is 0 Å². The van der Waals surface area contributed by atoms with E-state index in [9.17, 15) is 4.39 Å². The molecule has 0 aliphatic heterocycles. The molecule has 2 rings (SSSR count). The summed E-state index contributed by atoms with van der Waals surface area (Å²) in [6.45, 7) is 2.73. The molecule has 0 aliphatic rings. The fraction of sp³-hybridized carbons (Fsp3) is 0.250. The number of benzene rings is 2. The Bertz CT molecular complexity index is 634. The minimum atomic E-state index is -0.416. The van der Waals surface area contributed by atoms with E-state index in [2.05, 4.69) is 38.8 Å². The summed E-state index contributed by atoms with van der Waals surface area (Å²) in [6, 6.07) is 10.6. The van der Waals surface area contributed by atoms with Crippen molar-refractivity contribution in [1.29, 1.82) is 0 Å². The highest BCUT2D eigenvalue weighted by Crippen LogP contribution is 2.38. The standard InChI is InChI=1S/C16H14Br2ClFO/c1-2-8-21-14-7-6-10(9-12(14)17)15(18)11-4-3-5-13(20)16(11)19/h3-7,9,15H,2,8H2,1H3. The van der Waals surface area contributed by atoms with Gasteiger partial charge >= 0.3 is 0 Å². The zero-order chi connectivity index (χ0) is 15.4. The summed E-state index contributed by atoms with van der Waals surface area (Å²) < 4.78 is 20.0. The largest absolute Gasteiger partial charge is 0.492 e. The lowest BCUT2D eigenvalue weighted by Crippen LogP contribution is -1.99. The highest BCUT2D eigenvalue weighted by atomic mass is 79.9. The van der Waals surface area contributed by atoms with Crippen LogP contribution in [-0.4, -0.2) is 6.61 Å². The van der Waals surface area contributed by atoms with Crippen LogP contribution in [0.1, 0.15) is 29.3 Å². The second-order valence-electron chi connectivity index (χ2n) is 4.54. The second-order valence-corrected chi connectivity index (χ2v) is 6.69. The lowest BCUT2D eigenvalue weighted by Gasteiger charge is -2.15. The average molecular weight is 437 g/mol. The number of hydrogen-bond acceptors (Lipinski definition) is 1. The van der Waals surface area contributed by atoms with Crippen molar-refractivity contribution in [1.82, 2.24) is 0 Å². The van der Waals surface area contributed by atoms with Crippen LogP contribution < -0.4 is 4.74 Å². The maximum atomic E-state index is 13.6. The highest BCUT2D eigenvalue weighted by molar-refractivity contribution is 9.10. The minimum Gasteiger partial charge on any atom is -0.492 e. The molecule has 0 bridgehead atoms. The van der Waals surface area contributed by atoms with Crippen molar-refractivity contribution in [3.63, 3.8) is 0 Å². The molecule has 0 aromatic heterocycles. The Labute approximate surface area is 145 Å². The van der Waals surface area contributed by atoms with Gasteiger partial charge in [-0.25, -0.2) is 4.39 Å². The molecule has 2 aromatic carbocycles. The molecule has 0 amide bonds. The Morgan fingerprint density at radius 3 is 2.71 bits per heavy atom. The monoisotopic (exact) mass is 434 g/mol. The first kappa shape index (κ1) is 16.8. The van der Waals surface area contributed by atoms with E-state index in [4.69, 9.17) is 16.3 Å². The van der Waals surface area contributed by atoms with Gasteiger partial charge < -0.3 is 4.74 Å². The van der Waals surface area contributed by atoms with Crippen LogP contribution in [0.3, 0.4) is 0 Å². The van der Waals surface area contributed by atoms with Crippen molar-refractivity contribution < 1.29 is 9.13 Å². The summed E-state index contributed by atoms with van der Waals surface area (Å²) in [4.78, 5) is -0.183. The van der Waals surface area contributed by atoms with E-state index in [0.29, 0.717) is 12.2 Å². The van der Waals surface area contributed by atoms with Gasteiger partial charge in [-0.2, -0.15) is 0 Å². The van der Waals surface area contributed by atoms with Crippen molar-refractivity contribution in [2.45, 2.75) is 18.2 Å². The molecule has 0 heterocycles. The van der Waals surface area contributed by atoms with Gasteiger partial charge in [0, 0.05) is 0 Å². The van der Waals surface area contributed by atoms with Crippen LogP contribution in [0.2, 0.25) is 5.02 Å². The molecule has 0 spiro atoms. The molecule has 21 heavy (non-hydrogen) atoms. The highest BCUT2D eigenvalue weighted by Gasteiger charge is 2.17. The molecule has 0 N–H and O–H groups in total. The van der Waals surface area contributed by atoms with E-state index in [1.807, 2.05) is 18.2 Å². The molecule has 5 heteroatoms. The van der Waals surface area contributed by atoms with Crippen LogP contribution in [0.4, 0.5) is 4.39 Å². The number of rotatable bonds is 5. The molecule has 0 fully saturated rings. The second kappa shape index (κ2) is 7.61. The van der Waals surface area contributed by atoms with Crippen LogP contribution in [-0.2, 0) is 0 Å². The number of alkyl halides is 1. The zero-order valence-corrected chi connectivity index (χ0v) is 15.3. The van der Waals surface area contributed by atoms with Crippen molar-refractivity contribution in [3.8, 4) is 5.75 Å².